The Morgan fingerprint density at radius 1 is 1.04 bits per heavy atom. The zero-order valence-corrected chi connectivity index (χ0v) is 15.4. The third-order valence-electron chi connectivity index (χ3n) is 3.98. The number of carbonyl (C=O) groups is 5. The van der Waals surface area contributed by atoms with Gasteiger partial charge in [-0.25, -0.2) is 0 Å². The molecule has 9 nitrogen and oxygen atoms in total. The molecule has 0 saturated carbocycles. The van der Waals surface area contributed by atoms with Gasteiger partial charge >= 0.3 is 5.97 Å². The molecule has 0 aromatic carbocycles. The van der Waals surface area contributed by atoms with E-state index in [1.54, 1.807) is 21.7 Å². The molecule has 146 valence electrons. The molecule has 1 saturated heterocycles. The lowest BCUT2D eigenvalue weighted by Gasteiger charge is -2.29. The van der Waals surface area contributed by atoms with Crippen LogP contribution in [-0.2, 0) is 24.0 Å². The van der Waals surface area contributed by atoms with Crippen molar-refractivity contribution < 1.29 is 29.1 Å². The van der Waals surface area contributed by atoms with Crippen molar-refractivity contribution in [1.29, 1.82) is 0 Å². The largest absolute Gasteiger partial charge is 0.480 e. The van der Waals surface area contributed by atoms with Gasteiger partial charge in [0.2, 0.25) is 0 Å². The highest BCUT2D eigenvalue weighted by Gasteiger charge is 2.23. The monoisotopic (exact) mass is 369 g/mol. The average molecular weight is 369 g/mol. The van der Waals surface area contributed by atoms with E-state index in [1.165, 1.54) is 6.92 Å². The molecule has 0 unspecified atom stereocenters. The van der Waals surface area contributed by atoms with Crippen molar-refractivity contribution in [2.24, 2.45) is 0 Å². The van der Waals surface area contributed by atoms with Crippen LogP contribution in [0.1, 0.15) is 19.8 Å². The predicted molar refractivity (Wildman–Crippen MR) is 92.9 cm³/mol. The molecular formula is C17H27N3O6. The summed E-state index contributed by atoms with van der Waals surface area (Å²) in [6.45, 7) is 3.49. The van der Waals surface area contributed by atoms with E-state index in [0.717, 1.165) is 0 Å². The fraction of sp³-hybridized carbons (Fsp3) is 0.706. The summed E-state index contributed by atoms with van der Waals surface area (Å²) in [5.41, 5.74) is 0. The number of carboxylic acid groups (broad SMARTS) is 1. The number of piperidine rings is 1. The number of rotatable bonds is 12. The van der Waals surface area contributed by atoms with Crippen molar-refractivity contribution >= 4 is 29.1 Å². The highest BCUT2D eigenvalue weighted by atomic mass is 16.4. The Kier molecular flexibility index (Phi) is 9.25. The molecule has 0 atom stereocenters. The molecule has 1 rings (SSSR count). The van der Waals surface area contributed by atoms with E-state index in [4.69, 9.17) is 5.11 Å². The zero-order valence-electron chi connectivity index (χ0n) is 15.4. The first-order valence-corrected chi connectivity index (χ1v) is 8.55. The van der Waals surface area contributed by atoms with E-state index in [9.17, 15) is 24.0 Å². The summed E-state index contributed by atoms with van der Waals surface area (Å²) in [4.78, 5) is 61.7. The molecule has 1 fully saturated rings. The first-order valence-electron chi connectivity index (χ1n) is 8.55. The number of hydrogen-bond acceptors (Lipinski definition) is 8. The van der Waals surface area contributed by atoms with Gasteiger partial charge < -0.3 is 5.11 Å². The second kappa shape index (κ2) is 10.9. The fourth-order valence-corrected chi connectivity index (χ4v) is 2.81. The highest BCUT2D eigenvalue weighted by Crippen LogP contribution is 2.03. The van der Waals surface area contributed by atoms with Crippen LogP contribution in [0, 0.1) is 0 Å². The number of carboxylic acids is 1. The topological polar surface area (TPSA) is 115 Å². The SMILES string of the molecule is CC(=O)CC(=O)CN(C)CCN(CCN1CC(=O)CC(=O)C1)CC(=O)O. The Bertz CT molecular complexity index is 547. The maximum absolute atomic E-state index is 11.6. The lowest BCUT2D eigenvalue weighted by atomic mass is 10.1. The molecule has 0 aromatic rings. The summed E-state index contributed by atoms with van der Waals surface area (Å²) in [7, 11) is 1.74. The number of hydrogen-bond donors (Lipinski definition) is 1. The smallest absolute Gasteiger partial charge is 0.317 e. The first-order chi connectivity index (χ1) is 12.2. The van der Waals surface area contributed by atoms with E-state index in [-0.39, 0.29) is 62.2 Å². The second-order valence-electron chi connectivity index (χ2n) is 6.79. The molecule has 26 heavy (non-hydrogen) atoms. The van der Waals surface area contributed by atoms with Crippen molar-refractivity contribution in [3.05, 3.63) is 0 Å². The van der Waals surface area contributed by atoms with Gasteiger partial charge in [0.05, 0.1) is 39.0 Å². The van der Waals surface area contributed by atoms with Gasteiger partial charge in [-0.05, 0) is 14.0 Å². The third kappa shape index (κ3) is 9.50. The summed E-state index contributed by atoms with van der Waals surface area (Å²) in [6.07, 6.45) is -0.116. The maximum atomic E-state index is 11.6. The molecule has 1 aliphatic rings. The molecule has 0 aromatic heterocycles. The normalized spacial score (nSPS) is 15.7. The highest BCUT2D eigenvalue weighted by molar-refractivity contribution is 6.03. The lowest BCUT2D eigenvalue weighted by molar-refractivity contribution is -0.139. The molecule has 0 amide bonds. The molecule has 9 heteroatoms. The number of aliphatic carboxylic acids is 1. The minimum Gasteiger partial charge on any atom is -0.480 e. The van der Waals surface area contributed by atoms with Gasteiger partial charge in [0, 0.05) is 26.2 Å². The Labute approximate surface area is 152 Å². The van der Waals surface area contributed by atoms with Crippen LogP contribution in [-0.4, -0.2) is 108 Å². The minimum absolute atomic E-state index is 0.0194. The van der Waals surface area contributed by atoms with Crippen molar-refractivity contribution in [3.8, 4) is 0 Å². The quantitative estimate of drug-likeness (QED) is 0.419. The Morgan fingerprint density at radius 3 is 2.19 bits per heavy atom. The van der Waals surface area contributed by atoms with E-state index in [1.807, 2.05) is 0 Å². The van der Waals surface area contributed by atoms with Crippen molar-refractivity contribution in [2.75, 3.05) is 59.4 Å². The van der Waals surface area contributed by atoms with Crippen LogP contribution in [0.25, 0.3) is 0 Å². The summed E-state index contributed by atoms with van der Waals surface area (Å²) in [6, 6.07) is 0. The van der Waals surface area contributed by atoms with Gasteiger partial charge in [0.15, 0.2) is 17.3 Å². The van der Waals surface area contributed by atoms with Crippen LogP contribution in [0.15, 0.2) is 0 Å². The summed E-state index contributed by atoms with van der Waals surface area (Å²) in [5, 5.41) is 9.05. The molecular weight excluding hydrogens is 342 g/mol. The average Bonchev–Trinajstić information content (AvgIpc) is 2.47. The van der Waals surface area contributed by atoms with Gasteiger partial charge in [0.1, 0.15) is 5.78 Å². The van der Waals surface area contributed by atoms with Gasteiger partial charge in [-0.1, -0.05) is 0 Å². The first kappa shape index (κ1) is 22.1. The van der Waals surface area contributed by atoms with Gasteiger partial charge in [-0.2, -0.15) is 0 Å². The fourth-order valence-electron chi connectivity index (χ4n) is 2.81. The Morgan fingerprint density at radius 2 is 1.65 bits per heavy atom. The number of nitrogens with zero attached hydrogens (tertiary/aromatic N) is 3. The summed E-state index contributed by atoms with van der Waals surface area (Å²) >= 11 is 0. The molecule has 0 radical (unpaired) electrons. The van der Waals surface area contributed by atoms with Crippen LogP contribution in [0.2, 0.25) is 0 Å². The molecule has 1 aliphatic heterocycles. The molecule has 0 bridgehead atoms. The Balaban J connectivity index is 2.44. The lowest BCUT2D eigenvalue weighted by Crippen LogP contribution is -2.46. The van der Waals surface area contributed by atoms with Crippen molar-refractivity contribution in [2.45, 2.75) is 19.8 Å². The van der Waals surface area contributed by atoms with Crippen LogP contribution in [0.5, 0.6) is 0 Å². The van der Waals surface area contributed by atoms with Gasteiger partial charge in [-0.3, -0.25) is 38.7 Å². The van der Waals surface area contributed by atoms with Gasteiger partial charge in [0.25, 0.3) is 0 Å². The standard InChI is InChI=1S/C17H27N3O6/c1-13(21)7-14(22)9-18(2)3-4-19(12-17(25)26)5-6-20-10-15(23)8-16(24)11-20/h3-12H2,1-2H3,(H,25,26). The van der Waals surface area contributed by atoms with Crippen LogP contribution in [0.4, 0.5) is 0 Å². The van der Waals surface area contributed by atoms with E-state index >= 15 is 0 Å². The molecule has 0 aliphatic carbocycles. The van der Waals surface area contributed by atoms with E-state index in [2.05, 4.69) is 0 Å². The minimum atomic E-state index is -0.967. The number of carbonyl (C=O) groups excluding carboxylic acids is 4. The summed E-state index contributed by atoms with van der Waals surface area (Å²) < 4.78 is 0. The maximum Gasteiger partial charge on any atom is 0.317 e. The number of ketones is 4. The molecule has 1 N–H and O–H groups in total. The third-order valence-corrected chi connectivity index (χ3v) is 3.98. The Hall–Kier alpha value is -1.97. The predicted octanol–water partition coefficient (Wildman–Crippen LogP) is -1.30. The number of likely N-dealkylation sites (N-methyl/N-ethyl adjacent to an activating group) is 1. The number of Topliss-reactive ketones (excluding diaryl/α,β-unsaturated/α-hetero) is 4. The van der Waals surface area contributed by atoms with Crippen molar-refractivity contribution in [1.82, 2.24) is 14.7 Å². The molecule has 0 spiro atoms. The number of likely N-dealkylation sites (tertiary alicyclic amines) is 1. The zero-order chi connectivity index (χ0) is 19.7. The van der Waals surface area contributed by atoms with E-state index < -0.39 is 5.97 Å². The van der Waals surface area contributed by atoms with Crippen LogP contribution >= 0.6 is 0 Å². The summed E-state index contributed by atoms with van der Waals surface area (Å²) in [5.74, 6) is -1.55. The van der Waals surface area contributed by atoms with Crippen LogP contribution < -0.4 is 0 Å². The van der Waals surface area contributed by atoms with Gasteiger partial charge in [-0.15, -0.1) is 0 Å². The van der Waals surface area contributed by atoms with Crippen molar-refractivity contribution in [3.63, 3.8) is 0 Å². The van der Waals surface area contributed by atoms with E-state index in [0.29, 0.717) is 26.2 Å². The van der Waals surface area contributed by atoms with Crippen LogP contribution in [0.3, 0.4) is 0 Å². The second-order valence-corrected chi connectivity index (χ2v) is 6.79. The molecule has 1 heterocycles.